The van der Waals surface area contributed by atoms with Crippen LogP contribution in [0.5, 0.6) is 0 Å². The first-order valence-electron chi connectivity index (χ1n) is 10.4. The van der Waals surface area contributed by atoms with Gasteiger partial charge in [-0.15, -0.1) is 0 Å². The maximum absolute atomic E-state index is 12.7. The molecule has 1 fully saturated rings. The Bertz CT molecular complexity index is 1100. The van der Waals surface area contributed by atoms with E-state index in [-0.39, 0.29) is 30.8 Å². The van der Waals surface area contributed by atoms with Crippen molar-refractivity contribution in [3.63, 3.8) is 0 Å². The Balaban J connectivity index is 1.58. The second-order valence-corrected chi connectivity index (χ2v) is 9.74. The molecule has 1 heterocycles. The van der Waals surface area contributed by atoms with Gasteiger partial charge in [-0.05, 0) is 42.7 Å². The van der Waals surface area contributed by atoms with E-state index in [0.717, 1.165) is 5.56 Å². The molecule has 170 valence electrons. The molecule has 3 rings (SSSR count). The Morgan fingerprint density at radius 2 is 1.78 bits per heavy atom. The van der Waals surface area contributed by atoms with Crippen LogP contribution in [0.2, 0.25) is 5.02 Å². The normalized spacial score (nSPS) is 15.6. The number of rotatable bonds is 7. The Kier molecular flexibility index (Phi) is 8.06. The number of amides is 2. The highest BCUT2D eigenvalue weighted by Crippen LogP contribution is 2.28. The van der Waals surface area contributed by atoms with E-state index in [1.165, 1.54) is 9.71 Å². The zero-order chi connectivity index (χ0) is 23.1. The molecule has 1 saturated heterocycles. The van der Waals surface area contributed by atoms with Gasteiger partial charge in [0, 0.05) is 36.5 Å². The Morgan fingerprint density at radius 3 is 2.44 bits per heavy atom. The average molecular weight is 476 g/mol. The SMILES string of the molecule is CCC(=O)Nc1ccc(Cl)c(NC(=O)C2CCN(S(=O)(=O)/C=C/c3ccccc3)CC2)c1. The number of halogens is 1. The molecule has 32 heavy (non-hydrogen) atoms. The number of carbonyl (C=O) groups excluding carboxylic acids is 2. The molecular weight excluding hydrogens is 450 g/mol. The van der Waals surface area contributed by atoms with Gasteiger partial charge in [-0.2, -0.15) is 4.31 Å². The van der Waals surface area contributed by atoms with E-state index in [9.17, 15) is 18.0 Å². The summed E-state index contributed by atoms with van der Waals surface area (Å²) in [5, 5.41) is 7.10. The highest BCUT2D eigenvalue weighted by molar-refractivity contribution is 7.92. The van der Waals surface area contributed by atoms with Gasteiger partial charge in [0.15, 0.2) is 0 Å². The first-order chi connectivity index (χ1) is 15.3. The lowest BCUT2D eigenvalue weighted by molar-refractivity contribution is -0.121. The molecule has 9 heteroatoms. The maximum atomic E-state index is 12.7. The predicted octanol–water partition coefficient (Wildman–Crippen LogP) is 4.34. The minimum Gasteiger partial charge on any atom is -0.326 e. The summed E-state index contributed by atoms with van der Waals surface area (Å²) in [6, 6.07) is 14.1. The number of anilines is 2. The van der Waals surface area contributed by atoms with Gasteiger partial charge in [-0.1, -0.05) is 48.9 Å². The third-order valence-electron chi connectivity index (χ3n) is 5.25. The summed E-state index contributed by atoms with van der Waals surface area (Å²) < 4.78 is 26.6. The summed E-state index contributed by atoms with van der Waals surface area (Å²) in [5.74, 6) is -0.688. The number of hydrogen-bond acceptors (Lipinski definition) is 4. The third kappa shape index (κ3) is 6.41. The van der Waals surface area contributed by atoms with E-state index in [4.69, 9.17) is 11.6 Å². The van der Waals surface area contributed by atoms with Crippen LogP contribution in [-0.4, -0.2) is 37.6 Å². The molecule has 0 bridgehead atoms. The van der Waals surface area contributed by atoms with Gasteiger partial charge in [0.1, 0.15) is 0 Å². The van der Waals surface area contributed by atoms with Gasteiger partial charge < -0.3 is 10.6 Å². The van der Waals surface area contributed by atoms with Crippen molar-refractivity contribution in [3.8, 4) is 0 Å². The highest BCUT2D eigenvalue weighted by Gasteiger charge is 2.30. The minimum absolute atomic E-state index is 0.139. The molecule has 7 nitrogen and oxygen atoms in total. The lowest BCUT2D eigenvalue weighted by Crippen LogP contribution is -2.40. The fourth-order valence-electron chi connectivity index (χ4n) is 3.37. The van der Waals surface area contributed by atoms with E-state index < -0.39 is 10.0 Å². The Hall–Kier alpha value is -2.68. The smallest absolute Gasteiger partial charge is 0.236 e. The third-order valence-corrected chi connectivity index (χ3v) is 7.14. The molecular formula is C23H26ClN3O4S. The quantitative estimate of drug-likeness (QED) is 0.622. The molecule has 2 aromatic rings. The number of sulfonamides is 1. The van der Waals surface area contributed by atoms with Crippen molar-refractivity contribution < 1.29 is 18.0 Å². The van der Waals surface area contributed by atoms with E-state index in [2.05, 4.69) is 10.6 Å². The largest absolute Gasteiger partial charge is 0.326 e. The number of carbonyl (C=O) groups is 2. The van der Waals surface area contributed by atoms with Crippen molar-refractivity contribution in [2.24, 2.45) is 5.92 Å². The van der Waals surface area contributed by atoms with Crippen LogP contribution >= 0.6 is 11.6 Å². The van der Waals surface area contributed by atoms with Crippen LogP contribution in [0, 0.1) is 5.92 Å². The van der Waals surface area contributed by atoms with E-state index in [1.807, 2.05) is 30.3 Å². The number of benzene rings is 2. The molecule has 1 aliphatic heterocycles. The maximum Gasteiger partial charge on any atom is 0.236 e. The van der Waals surface area contributed by atoms with Crippen LogP contribution in [-0.2, 0) is 19.6 Å². The summed E-state index contributed by atoms with van der Waals surface area (Å²) in [4.78, 5) is 24.3. The van der Waals surface area contributed by atoms with E-state index in [1.54, 1.807) is 31.2 Å². The summed E-state index contributed by atoms with van der Waals surface area (Å²) in [6.07, 6.45) is 2.73. The first-order valence-corrected chi connectivity index (χ1v) is 12.3. The van der Waals surface area contributed by atoms with Gasteiger partial charge in [0.05, 0.1) is 10.7 Å². The van der Waals surface area contributed by atoms with Crippen molar-refractivity contribution >= 4 is 50.9 Å². The van der Waals surface area contributed by atoms with E-state index >= 15 is 0 Å². The van der Waals surface area contributed by atoms with Gasteiger partial charge in [0.2, 0.25) is 21.8 Å². The summed E-state index contributed by atoms with van der Waals surface area (Å²) in [6.45, 7) is 2.28. The molecule has 2 aromatic carbocycles. The molecule has 1 aliphatic rings. The molecule has 0 aromatic heterocycles. The molecule has 0 saturated carbocycles. The highest BCUT2D eigenvalue weighted by atomic mass is 35.5. The molecule has 0 aliphatic carbocycles. The van der Waals surface area contributed by atoms with Crippen molar-refractivity contribution in [2.75, 3.05) is 23.7 Å². The molecule has 0 spiro atoms. The summed E-state index contributed by atoms with van der Waals surface area (Å²) in [5.41, 5.74) is 1.76. The van der Waals surface area contributed by atoms with Crippen LogP contribution in [0.25, 0.3) is 6.08 Å². The number of piperidine rings is 1. The van der Waals surface area contributed by atoms with Crippen molar-refractivity contribution in [1.29, 1.82) is 0 Å². The van der Waals surface area contributed by atoms with Crippen LogP contribution in [0.3, 0.4) is 0 Å². The second-order valence-electron chi connectivity index (χ2n) is 7.52. The van der Waals surface area contributed by atoms with Crippen LogP contribution in [0.1, 0.15) is 31.7 Å². The van der Waals surface area contributed by atoms with Gasteiger partial charge in [0.25, 0.3) is 0 Å². The zero-order valence-electron chi connectivity index (χ0n) is 17.8. The first kappa shape index (κ1) is 24.0. The fraction of sp³-hybridized carbons (Fsp3) is 0.304. The van der Waals surface area contributed by atoms with Crippen molar-refractivity contribution in [2.45, 2.75) is 26.2 Å². The standard InChI is InChI=1S/C23H26ClN3O4S/c1-2-22(28)25-19-8-9-20(24)21(16-19)26-23(29)18-10-13-27(14-11-18)32(30,31)15-12-17-6-4-3-5-7-17/h3-9,12,15-16,18H,2,10-11,13-14H2,1H3,(H,25,28)(H,26,29)/b15-12+. The van der Waals surface area contributed by atoms with Crippen LogP contribution in [0.4, 0.5) is 11.4 Å². The van der Waals surface area contributed by atoms with Crippen molar-refractivity contribution in [1.82, 2.24) is 4.31 Å². The fourth-order valence-corrected chi connectivity index (χ4v) is 4.76. The van der Waals surface area contributed by atoms with Gasteiger partial charge in [-0.25, -0.2) is 8.42 Å². The van der Waals surface area contributed by atoms with Gasteiger partial charge >= 0.3 is 0 Å². The lowest BCUT2D eigenvalue weighted by atomic mass is 9.97. The van der Waals surface area contributed by atoms with Gasteiger partial charge in [-0.3, -0.25) is 9.59 Å². The summed E-state index contributed by atoms with van der Waals surface area (Å²) >= 11 is 6.20. The average Bonchev–Trinajstić information content (AvgIpc) is 2.80. The number of nitrogens with zero attached hydrogens (tertiary/aromatic N) is 1. The molecule has 2 N–H and O–H groups in total. The second kappa shape index (κ2) is 10.8. The molecule has 0 radical (unpaired) electrons. The molecule has 0 unspecified atom stereocenters. The Labute approximate surface area is 193 Å². The van der Waals surface area contributed by atoms with Crippen LogP contribution < -0.4 is 10.6 Å². The lowest BCUT2D eigenvalue weighted by Gasteiger charge is -2.29. The number of hydrogen-bond donors (Lipinski definition) is 2. The Morgan fingerprint density at radius 1 is 1.09 bits per heavy atom. The topological polar surface area (TPSA) is 95.6 Å². The predicted molar refractivity (Wildman–Crippen MR) is 128 cm³/mol. The minimum atomic E-state index is -3.56. The van der Waals surface area contributed by atoms with Crippen LogP contribution in [0.15, 0.2) is 53.9 Å². The molecule has 0 atom stereocenters. The zero-order valence-corrected chi connectivity index (χ0v) is 19.3. The monoisotopic (exact) mass is 475 g/mol. The van der Waals surface area contributed by atoms with E-state index in [0.29, 0.717) is 35.7 Å². The van der Waals surface area contributed by atoms with Crippen molar-refractivity contribution in [3.05, 3.63) is 64.5 Å². The summed E-state index contributed by atoms with van der Waals surface area (Å²) in [7, 11) is -3.56. The molecule has 2 amide bonds. The number of nitrogens with one attached hydrogen (secondary N) is 2.